The first-order valence-electron chi connectivity index (χ1n) is 13.8. The van der Waals surface area contributed by atoms with E-state index in [4.69, 9.17) is 0 Å². The third kappa shape index (κ3) is 5.22. The summed E-state index contributed by atoms with van der Waals surface area (Å²) in [6.07, 6.45) is 5.09. The molecule has 2 aliphatic carbocycles. The van der Waals surface area contributed by atoms with Gasteiger partial charge in [-0.15, -0.1) is 0 Å². The minimum absolute atomic E-state index is 0. The maximum Gasteiger partial charge on any atom is -1.00 e. The number of fused-ring (bicyclic) bond motifs is 2. The first-order chi connectivity index (χ1) is 18.4. The fraction of sp³-hybridized carbons (Fsp3) is 0.222. The molecule has 40 heavy (non-hydrogen) atoms. The quantitative estimate of drug-likeness (QED) is 0.290. The van der Waals surface area contributed by atoms with Crippen LogP contribution in [0.25, 0.3) is 34.4 Å². The predicted octanol–water partition coefficient (Wildman–Crippen LogP) is 4.13. The van der Waals surface area contributed by atoms with Crippen molar-refractivity contribution < 1.29 is 45.2 Å². The fourth-order valence-corrected chi connectivity index (χ4v) is 27.6. The number of rotatable bonds is 4. The number of aryl methyl sites for hydroxylation is 2. The van der Waals surface area contributed by atoms with E-state index in [0.717, 1.165) is 0 Å². The monoisotopic (exact) mass is 656 g/mol. The summed E-state index contributed by atoms with van der Waals surface area (Å²) >= 11 is -2.07. The second-order valence-corrected chi connectivity index (χ2v) is 29.2. The average molecular weight is 659 g/mol. The van der Waals surface area contributed by atoms with Gasteiger partial charge in [0.05, 0.1) is 0 Å². The van der Waals surface area contributed by atoms with Crippen molar-refractivity contribution in [2.24, 2.45) is 0 Å². The Balaban J connectivity index is 0.00000185. The average Bonchev–Trinajstić information content (AvgIpc) is 3.41. The molecule has 0 heterocycles. The Morgan fingerprint density at radius 1 is 0.500 bits per heavy atom. The zero-order valence-corrected chi connectivity index (χ0v) is 29.1. The second-order valence-electron chi connectivity index (χ2n) is 11.3. The van der Waals surface area contributed by atoms with Gasteiger partial charge in [0.1, 0.15) is 0 Å². The zero-order valence-electron chi connectivity index (χ0n) is 24.1. The molecule has 4 heteroatoms. The van der Waals surface area contributed by atoms with Crippen molar-refractivity contribution in [3.63, 3.8) is 0 Å². The Bertz CT molecular complexity index is 1570. The minimum atomic E-state index is -2.07. The van der Waals surface area contributed by atoms with E-state index in [1.807, 2.05) is 0 Å². The van der Waals surface area contributed by atoms with Crippen LogP contribution in [-0.2, 0) is 20.4 Å². The third-order valence-electron chi connectivity index (χ3n) is 8.63. The number of halogens is 2. The largest absolute Gasteiger partial charge is 1.00 e. The summed E-state index contributed by atoms with van der Waals surface area (Å²) in [5, 5.41) is 0. The van der Waals surface area contributed by atoms with Gasteiger partial charge in [0.15, 0.2) is 0 Å². The van der Waals surface area contributed by atoms with Crippen molar-refractivity contribution in [3.05, 3.63) is 129 Å². The van der Waals surface area contributed by atoms with Crippen LogP contribution in [0.3, 0.4) is 0 Å². The first-order valence-corrected chi connectivity index (χ1v) is 22.8. The van der Waals surface area contributed by atoms with Gasteiger partial charge in [0.2, 0.25) is 0 Å². The molecule has 202 valence electrons. The third-order valence-corrected chi connectivity index (χ3v) is 28.5. The maximum absolute atomic E-state index is 2.62. The Labute approximate surface area is 260 Å². The Hall–Kier alpha value is -1.96. The van der Waals surface area contributed by atoms with Crippen LogP contribution in [0.4, 0.5) is 0 Å². The minimum Gasteiger partial charge on any atom is -1.00 e. The van der Waals surface area contributed by atoms with Crippen LogP contribution in [0.2, 0.25) is 13.1 Å². The van der Waals surface area contributed by atoms with Crippen molar-refractivity contribution in [1.82, 2.24) is 0 Å². The van der Waals surface area contributed by atoms with Crippen molar-refractivity contribution in [2.75, 3.05) is 0 Å². The molecule has 0 amide bonds. The van der Waals surface area contributed by atoms with E-state index in [-0.39, 0.29) is 24.8 Å². The normalized spacial score (nSPS) is 16.4. The predicted molar refractivity (Wildman–Crippen MR) is 163 cm³/mol. The van der Waals surface area contributed by atoms with Gasteiger partial charge in [-0.3, -0.25) is 0 Å². The summed E-state index contributed by atoms with van der Waals surface area (Å²) in [5.41, 5.74) is 17.3. The molecule has 4 aromatic carbocycles. The Kier molecular flexibility index (Phi) is 9.68. The maximum atomic E-state index is 2.62. The van der Waals surface area contributed by atoms with E-state index in [0.29, 0.717) is 7.25 Å². The number of allylic oxidation sites excluding steroid dienone is 2. The molecule has 0 saturated heterocycles. The summed E-state index contributed by atoms with van der Waals surface area (Å²) in [4.78, 5) is 0. The van der Waals surface area contributed by atoms with Gasteiger partial charge in [0, 0.05) is 0 Å². The summed E-state index contributed by atoms with van der Waals surface area (Å²) in [5.74, 6) is 0. The van der Waals surface area contributed by atoms with Crippen LogP contribution in [0.1, 0.15) is 54.5 Å². The van der Waals surface area contributed by atoms with E-state index in [1.54, 1.807) is 22.3 Å². The molecule has 0 N–H and O–H groups in total. The number of hydrogen-bond donors (Lipinski definition) is 0. The van der Waals surface area contributed by atoms with Crippen molar-refractivity contribution in [2.45, 2.75) is 48.0 Å². The van der Waals surface area contributed by atoms with E-state index >= 15 is 0 Å². The van der Waals surface area contributed by atoms with Crippen LogP contribution in [0, 0.1) is 13.8 Å². The molecule has 6 rings (SSSR count). The van der Waals surface area contributed by atoms with Gasteiger partial charge in [-0.05, 0) is 0 Å². The molecule has 0 fully saturated rings. The van der Waals surface area contributed by atoms with Gasteiger partial charge in [-0.2, -0.15) is 0 Å². The van der Waals surface area contributed by atoms with Crippen molar-refractivity contribution in [3.8, 4) is 22.3 Å². The second kappa shape index (κ2) is 12.5. The van der Waals surface area contributed by atoms with Gasteiger partial charge >= 0.3 is 238 Å². The summed E-state index contributed by atoms with van der Waals surface area (Å²) in [6.45, 7) is 14.6. The van der Waals surface area contributed by atoms with Crippen LogP contribution >= 0.6 is 0 Å². The Morgan fingerprint density at radius 2 is 0.875 bits per heavy atom. The molecule has 4 aromatic rings. The van der Waals surface area contributed by atoms with Gasteiger partial charge < -0.3 is 24.8 Å². The molecule has 0 unspecified atom stereocenters. The molecule has 0 bridgehead atoms. The van der Waals surface area contributed by atoms with E-state index in [2.05, 4.69) is 138 Å². The zero-order chi connectivity index (χ0) is 26.6. The van der Waals surface area contributed by atoms with Crippen LogP contribution < -0.4 is 24.8 Å². The van der Waals surface area contributed by atoms with Gasteiger partial charge in [0.25, 0.3) is 0 Å². The van der Waals surface area contributed by atoms with Crippen molar-refractivity contribution in [1.29, 1.82) is 0 Å². The number of hydrogen-bond acceptors (Lipinski definition) is 0. The molecule has 0 radical (unpaired) electrons. The first kappa shape index (κ1) is 31.0. The van der Waals surface area contributed by atoms with Crippen LogP contribution in [0.5, 0.6) is 0 Å². The number of benzene rings is 4. The fourth-order valence-electron chi connectivity index (χ4n) is 6.89. The summed E-state index contributed by atoms with van der Waals surface area (Å²) in [7, 11) is 0. The van der Waals surface area contributed by atoms with E-state index < -0.39 is 25.8 Å². The molecular formula is C36H36Cl2SiZr. The smallest absolute Gasteiger partial charge is 1.00 e. The van der Waals surface area contributed by atoms with Gasteiger partial charge in [-0.25, -0.2) is 0 Å². The van der Waals surface area contributed by atoms with Crippen LogP contribution in [0.15, 0.2) is 96.1 Å². The summed E-state index contributed by atoms with van der Waals surface area (Å²) in [6, 6.07) is 32.0. The molecule has 2 atom stereocenters. The molecular weight excluding hydrogens is 623 g/mol. The standard InChI is InChI=1S/2C17H15.C2H6Si.2ClH.Zr/c2*1-12-10-14-7-5-9-16(17(14)11-12)15-8-4-3-6-13(15)2;1-3-2;;;/h2*3-11H,1-2H3;1-2H3;2*1H;/q;;;;;+2/p-2. The molecule has 2 aliphatic rings. The Morgan fingerprint density at radius 3 is 1.25 bits per heavy atom. The molecule has 0 nitrogen and oxygen atoms in total. The summed E-state index contributed by atoms with van der Waals surface area (Å²) < 4.78 is 1.31. The molecule has 0 spiro atoms. The SMILES string of the molecule is CC1=Cc2c(-c3ccccc3C)cccc2[C@@H]1[Zr+2]([C@H]1C(C)=Cc2c(-c3ccccc3C)cccc21)=[Si](C)C.[Cl-].[Cl-]. The van der Waals surface area contributed by atoms with E-state index in [9.17, 15) is 0 Å². The molecule has 0 aromatic heterocycles. The molecule has 0 saturated carbocycles. The topological polar surface area (TPSA) is 0 Å². The molecule has 0 aliphatic heterocycles. The van der Waals surface area contributed by atoms with E-state index in [1.165, 1.54) is 44.5 Å². The van der Waals surface area contributed by atoms with Crippen LogP contribution in [-0.4, -0.2) is 5.43 Å². The van der Waals surface area contributed by atoms with Crippen molar-refractivity contribution >= 4 is 17.6 Å². The van der Waals surface area contributed by atoms with Gasteiger partial charge in [-0.1, -0.05) is 0 Å².